The van der Waals surface area contributed by atoms with Crippen LogP contribution in [0, 0.1) is 30.2 Å². The van der Waals surface area contributed by atoms with E-state index < -0.39 is 40.5 Å². The average Bonchev–Trinajstić information content (AvgIpc) is 3.17. The minimum Gasteiger partial charge on any atom is -0.491 e. The summed E-state index contributed by atoms with van der Waals surface area (Å²) < 4.78 is 60.4. The summed E-state index contributed by atoms with van der Waals surface area (Å²) in [5.41, 5.74) is 1.35. The number of aryl methyl sites for hydroxylation is 1. The van der Waals surface area contributed by atoms with Crippen molar-refractivity contribution in [2.24, 2.45) is 0 Å². The Morgan fingerprint density at radius 2 is 1.52 bits per heavy atom. The number of benzene rings is 3. The number of carbonyl (C=O) groups excluding carboxylic acids is 1. The van der Waals surface area contributed by atoms with Crippen molar-refractivity contribution >= 4 is 22.6 Å². The summed E-state index contributed by atoms with van der Waals surface area (Å²) in [5, 5.41) is 10.8. The number of nitrogens with one attached hydrogen (secondary N) is 1. The Kier molecular flexibility index (Phi) is 5.05. The van der Waals surface area contributed by atoms with Gasteiger partial charge < -0.3 is 10.1 Å². The Hall–Kier alpha value is -3.95. The Labute approximate surface area is 173 Å². The molecule has 0 aliphatic carbocycles. The lowest BCUT2D eigenvalue weighted by molar-refractivity contribution is 0.101. The maximum atomic E-state index is 14.2. The standard InChI is InChI=1S/C21H14F4N4O2/c1-10-3-6-12(7-4-10)29-27-13-8-5-11(9-14(13)28-29)26-21(30)15-16(22)18(24)20(31-2)19(25)17(15)23/h3-9H,1-2H3,(H,26,30). The fourth-order valence-electron chi connectivity index (χ4n) is 2.97. The Bertz CT molecular complexity index is 1290. The molecule has 4 rings (SSSR count). The highest BCUT2D eigenvalue weighted by atomic mass is 19.2. The zero-order chi connectivity index (χ0) is 22.3. The first-order valence-electron chi connectivity index (χ1n) is 8.95. The van der Waals surface area contributed by atoms with Crippen LogP contribution in [-0.4, -0.2) is 28.0 Å². The fourth-order valence-corrected chi connectivity index (χ4v) is 2.97. The van der Waals surface area contributed by atoms with Crippen LogP contribution in [0.4, 0.5) is 23.2 Å². The molecule has 1 N–H and O–H groups in total. The first kappa shape index (κ1) is 20.3. The molecule has 1 aromatic heterocycles. The molecule has 0 aliphatic heterocycles. The molecule has 0 saturated carbocycles. The van der Waals surface area contributed by atoms with E-state index in [1.54, 1.807) is 0 Å². The summed E-state index contributed by atoms with van der Waals surface area (Å²) in [6.07, 6.45) is 0. The van der Waals surface area contributed by atoms with E-state index in [0.717, 1.165) is 12.7 Å². The molecule has 158 valence electrons. The second kappa shape index (κ2) is 7.71. The predicted octanol–water partition coefficient (Wildman–Crippen LogP) is 4.55. The topological polar surface area (TPSA) is 69.0 Å². The Morgan fingerprint density at radius 3 is 2.13 bits per heavy atom. The number of fused-ring (bicyclic) bond motifs is 1. The summed E-state index contributed by atoms with van der Waals surface area (Å²) in [6, 6.07) is 11.8. The molecule has 0 saturated heterocycles. The van der Waals surface area contributed by atoms with Gasteiger partial charge in [0.1, 0.15) is 16.6 Å². The molecule has 10 heteroatoms. The van der Waals surface area contributed by atoms with Crippen LogP contribution in [0.25, 0.3) is 16.7 Å². The summed E-state index contributed by atoms with van der Waals surface area (Å²) in [4.78, 5) is 13.7. The largest absolute Gasteiger partial charge is 0.491 e. The predicted molar refractivity (Wildman–Crippen MR) is 104 cm³/mol. The van der Waals surface area contributed by atoms with Gasteiger partial charge in [0.2, 0.25) is 11.6 Å². The van der Waals surface area contributed by atoms with Crippen LogP contribution in [-0.2, 0) is 0 Å². The molecule has 0 bridgehead atoms. The number of halogens is 4. The molecule has 0 spiro atoms. The highest BCUT2D eigenvalue weighted by Gasteiger charge is 2.30. The number of amides is 1. The van der Waals surface area contributed by atoms with E-state index in [1.165, 1.54) is 23.0 Å². The lowest BCUT2D eigenvalue weighted by Crippen LogP contribution is -2.18. The van der Waals surface area contributed by atoms with Gasteiger partial charge in [-0.05, 0) is 37.3 Å². The number of hydrogen-bond donors (Lipinski definition) is 1. The van der Waals surface area contributed by atoms with E-state index in [-0.39, 0.29) is 5.69 Å². The van der Waals surface area contributed by atoms with Crippen LogP contribution < -0.4 is 10.1 Å². The van der Waals surface area contributed by atoms with Gasteiger partial charge in [-0.1, -0.05) is 17.7 Å². The third-order valence-corrected chi connectivity index (χ3v) is 4.56. The molecular weight excluding hydrogens is 416 g/mol. The van der Waals surface area contributed by atoms with E-state index in [0.29, 0.717) is 16.7 Å². The van der Waals surface area contributed by atoms with Crippen molar-refractivity contribution in [1.29, 1.82) is 0 Å². The number of carbonyl (C=O) groups is 1. The van der Waals surface area contributed by atoms with Crippen LogP contribution in [0.2, 0.25) is 0 Å². The third-order valence-electron chi connectivity index (χ3n) is 4.56. The molecule has 0 atom stereocenters. The molecule has 0 radical (unpaired) electrons. The maximum Gasteiger partial charge on any atom is 0.261 e. The van der Waals surface area contributed by atoms with E-state index in [2.05, 4.69) is 20.3 Å². The highest BCUT2D eigenvalue weighted by Crippen LogP contribution is 2.30. The van der Waals surface area contributed by atoms with Gasteiger partial charge in [0.05, 0.1) is 12.8 Å². The van der Waals surface area contributed by atoms with Gasteiger partial charge in [0.15, 0.2) is 17.4 Å². The van der Waals surface area contributed by atoms with E-state index in [9.17, 15) is 22.4 Å². The monoisotopic (exact) mass is 430 g/mol. The summed E-state index contributed by atoms with van der Waals surface area (Å²) in [5.74, 6) is -9.95. The molecule has 3 aromatic carbocycles. The highest BCUT2D eigenvalue weighted by molar-refractivity contribution is 6.05. The molecule has 6 nitrogen and oxygen atoms in total. The van der Waals surface area contributed by atoms with Gasteiger partial charge >= 0.3 is 0 Å². The molecule has 1 amide bonds. The van der Waals surface area contributed by atoms with Crippen molar-refractivity contribution in [2.45, 2.75) is 6.92 Å². The van der Waals surface area contributed by atoms with E-state index in [4.69, 9.17) is 0 Å². The Balaban J connectivity index is 1.66. The van der Waals surface area contributed by atoms with Gasteiger partial charge in [-0.25, -0.2) is 8.78 Å². The lowest BCUT2D eigenvalue weighted by Gasteiger charge is -2.11. The van der Waals surface area contributed by atoms with Crippen LogP contribution >= 0.6 is 0 Å². The third kappa shape index (κ3) is 3.56. The molecular formula is C21H14F4N4O2. The maximum absolute atomic E-state index is 14.2. The number of ether oxygens (including phenoxy) is 1. The molecule has 4 aromatic rings. The summed E-state index contributed by atoms with van der Waals surface area (Å²) in [7, 11) is 0.846. The molecule has 0 aliphatic rings. The first-order valence-corrected chi connectivity index (χ1v) is 8.95. The first-order chi connectivity index (χ1) is 14.8. The number of methoxy groups -OCH3 is 1. The molecule has 0 unspecified atom stereocenters. The molecule has 1 heterocycles. The number of anilines is 1. The smallest absolute Gasteiger partial charge is 0.261 e. The number of aromatic nitrogens is 3. The second-order valence-electron chi connectivity index (χ2n) is 6.65. The fraction of sp³-hybridized carbons (Fsp3) is 0.0952. The van der Waals surface area contributed by atoms with Crippen molar-refractivity contribution in [3.63, 3.8) is 0 Å². The number of nitrogens with zero attached hydrogens (tertiary/aromatic N) is 3. The normalized spacial score (nSPS) is 11.0. The van der Waals surface area contributed by atoms with Crippen molar-refractivity contribution in [3.05, 3.63) is 76.9 Å². The minimum absolute atomic E-state index is 0.101. The Morgan fingerprint density at radius 1 is 0.903 bits per heavy atom. The lowest BCUT2D eigenvalue weighted by atomic mass is 10.1. The quantitative estimate of drug-likeness (QED) is 0.381. The van der Waals surface area contributed by atoms with Crippen molar-refractivity contribution < 1.29 is 27.1 Å². The zero-order valence-corrected chi connectivity index (χ0v) is 16.2. The summed E-state index contributed by atoms with van der Waals surface area (Å²) >= 11 is 0. The summed E-state index contributed by atoms with van der Waals surface area (Å²) in [6.45, 7) is 1.94. The van der Waals surface area contributed by atoms with E-state index in [1.807, 2.05) is 31.2 Å². The average molecular weight is 430 g/mol. The van der Waals surface area contributed by atoms with Crippen LogP contribution in [0.5, 0.6) is 5.75 Å². The van der Waals surface area contributed by atoms with Crippen molar-refractivity contribution in [2.75, 3.05) is 12.4 Å². The van der Waals surface area contributed by atoms with Crippen molar-refractivity contribution in [1.82, 2.24) is 15.0 Å². The number of hydrogen-bond acceptors (Lipinski definition) is 4. The van der Waals surface area contributed by atoms with Gasteiger partial charge in [0, 0.05) is 5.69 Å². The van der Waals surface area contributed by atoms with Crippen LogP contribution in [0.15, 0.2) is 42.5 Å². The minimum atomic E-state index is -1.86. The number of rotatable bonds is 4. The van der Waals surface area contributed by atoms with Crippen LogP contribution in [0.3, 0.4) is 0 Å². The van der Waals surface area contributed by atoms with Gasteiger partial charge in [0.25, 0.3) is 5.91 Å². The van der Waals surface area contributed by atoms with Crippen LogP contribution in [0.1, 0.15) is 15.9 Å². The zero-order valence-electron chi connectivity index (χ0n) is 16.2. The van der Waals surface area contributed by atoms with Gasteiger partial charge in [-0.2, -0.15) is 13.6 Å². The second-order valence-corrected chi connectivity index (χ2v) is 6.65. The molecule has 0 fully saturated rings. The van der Waals surface area contributed by atoms with E-state index >= 15 is 0 Å². The van der Waals surface area contributed by atoms with Crippen molar-refractivity contribution in [3.8, 4) is 11.4 Å². The SMILES string of the molecule is COc1c(F)c(F)c(C(=O)Nc2ccc3nn(-c4ccc(C)cc4)nc3c2)c(F)c1F. The molecule has 31 heavy (non-hydrogen) atoms. The van der Waals surface area contributed by atoms with Gasteiger partial charge in [-0.3, -0.25) is 4.79 Å². The van der Waals surface area contributed by atoms with Gasteiger partial charge in [-0.15, -0.1) is 10.2 Å².